The van der Waals surface area contributed by atoms with Crippen LogP contribution in [-0.4, -0.2) is 42.4 Å². The van der Waals surface area contributed by atoms with Crippen molar-refractivity contribution in [3.63, 3.8) is 0 Å². The average Bonchev–Trinajstić information content (AvgIpc) is 2.74. The number of ether oxygens (including phenoxy) is 1. The maximum atomic E-state index is 12.5. The second-order valence-corrected chi connectivity index (χ2v) is 7.30. The van der Waals surface area contributed by atoms with Gasteiger partial charge in [-0.05, 0) is 49.6 Å². The van der Waals surface area contributed by atoms with Crippen molar-refractivity contribution in [1.29, 1.82) is 0 Å². The molecular weight excluding hydrogens is 390 g/mol. The zero-order valence-corrected chi connectivity index (χ0v) is 17.3. The fraction of sp³-hybridized carbons (Fsp3) is 0.286. The minimum absolute atomic E-state index is 0.206. The van der Waals surface area contributed by atoms with Gasteiger partial charge < -0.3 is 10.1 Å². The van der Waals surface area contributed by atoms with Crippen LogP contribution in [0.3, 0.4) is 0 Å². The summed E-state index contributed by atoms with van der Waals surface area (Å²) in [5.74, 6) is -0.101. The van der Waals surface area contributed by atoms with Crippen molar-refractivity contribution in [1.82, 2.24) is 16.2 Å². The van der Waals surface area contributed by atoms with E-state index in [1.807, 2.05) is 31.4 Å². The monoisotopic (exact) mass is 415 g/mol. The molecule has 0 fully saturated rings. The van der Waals surface area contributed by atoms with Gasteiger partial charge in [0.2, 0.25) is 0 Å². The fourth-order valence-electron chi connectivity index (χ4n) is 2.39. The van der Waals surface area contributed by atoms with Crippen molar-refractivity contribution in [3.8, 4) is 5.75 Å². The van der Waals surface area contributed by atoms with Gasteiger partial charge in [-0.3, -0.25) is 25.2 Å². The lowest BCUT2D eigenvalue weighted by molar-refractivity contribution is -0.130. The van der Waals surface area contributed by atoms with Crippen molar-refractivity contribution in [2.24, 2.45) is 0 Å². The first-order valence-electron chi connectivity index (χ1n) is 9.12. The molecule has 0 saturated carbocycles. The number of nitrogens with one attached hydrogen (secondary N) is 3. The Hall–Kier alpha value is -3.00. The molecule has 0 saturated heterocycles. The Morgan fingerprint density at radius 3 is 2.34 bits per heavy atom. The number of amides is 3. The van der Waals surface area contributed by atoms with Gasteiger partial charge in [-0.25, -0.2) is 0 Å². The number of hydrogen-bond acceptors (Lipinski definition) is 5. The smallest absolute Gasteiger partial charge is 0.269 e. The van der Waals surface area contributed by atoms with Crippen molar-refractivity contribution in [3.05, 3.63) is 65.7 Å². The first-order valence-corrected chi connectivity index (χ1v) is 10.5. The van der Waals surface area contributed by atoms with Crippen LogP contribution in [-0.2, 0) is 9.59 Å². The Kier molecular flexibility index (Phi) is 9.04. The highest BCUT2D eigenvalue weighted by atomic mass is 32.2. The summed E-state index contributed by atoms with van der Waals surface area (Å²) in [4.78, 5) is 36.8. The van der Waals surface area contributed by atoms with E-state index in [4.69, 9.17) is 4.74 Å². The molecule has 2 rings (SSSR count). The zero-order valence-electron chi connectivity index (χ0n) is 16.4. The SMILES string of the molecule is CSCC[C@H](NC(=O)COc1ccccc1)C(=O)NNC(=O)c1ccc(C)cc1. The van der Waals surface area contributed by atoms with Gasteiger partial charge in [0, 0.05) is 5.56 Å². The van der Waals surface area contributed by atoms with Gasteiger partial charge in [0.1, 0.15) is 11.8 Å². The minimum Gasteiger partial charge on any atom is -0.484 e. The Morgan fingerprint density at radius 1 is 1.00 bits per heavy atom. The number of rotatable bonds is 9. The summed E-state index contributed by atoms with van der Waals surface area (Å²) in [5.41, 5.74) is 6.22. The molecular formula is C21H25N3O4S. The van der Waals surface area contributed by atoms with E-state index in [0.717, 1.165) is 5.56 Å². The van der Waals surface area contributed by atoms with Crippen LogP contribution in [0.2, 0.25) is 0 Å². The van der Waals surface area contributed by atoms with Gasteiger partial charge in [0.15, 0.2) is 6.61 Å². The molecule has 154 valence electrons. The first-order chi connectivity index (χ1) is 14.0. The number of thioether (sulfide) groups is 1. The van der Waals surface area contributed by atoms with E-state index in [0.29, 0.717) is 23.5 Å². The van der Waals surface area contributed by atoms with Gasteiger partial charge in [-0.15, -0.1) is 0 Å². The molecule has 0 heterocycles. The molecule has 0 aliphatic carbocycles. The van der Waals surface area contributed by atoms with Crippen molar-refractivity contribution >= 4 is 29.5 Å². The molecule has 1 atom stereocenters. The second-order valence-electron chi connectivity index (χ2n) is 6.31. The van der Waals surface area contributed by atoms with Crippen molar-refractivity contribution < 1.29 is 19.1 Å². The molecule has 8 heteroatoms. The highest BCUT2D eigenvalue weighted by Crippen LogP contribution is 2.08. The van der Waals surface area contributed by atoms with Crippen LogP contribution in [0.1, 0.15) is 22.3 Å². The summed E-state index contributed by atoms with van der Waals surface area (Å²) >= 11 is 1.56. The lowest BCUT2D eigenvalue weighted by Crippen LogP contribution is -2.53. The number of aryl methyl sites for hydroxylation is 1. The number of benzene rings is 2. The van der Waals surface area contributed by atoms with E-state index in [-0.39, 0.29) is 6.61 Å². The third kappa shape index (κ3) is 7.87. The van der Waals surface area contributed by atoms with E-state index >= 15 is 0 Å². The maximum absolute atomic E-state index is 12.5. The number of carbonyl (C=O) groups is 3. The predicted molar refractivity (Wildman–Crippen MR) is 114 cm³/mol. The van der Waals surface area contributed by atoms with Gasteiger partial charge in [-0.1, -0.05) is 35.9 Å². The van der Waals surface area contributed by atoms with Gasteiger partial charge in [0.05, 0.1) is 0 Å². The van der Waals surface area contributed by atoms with Crippen molar-refractivity contribution in [2.45, 2.75) is 19.4 Å². The topological polar surface area (TPSA) is 96.5 Å². The van der Waals surface area contributed by atoms with Crippen molar-refractivity contribution in [2.75, 3.05) is 18.6 Å². The molecule has 3 N–H and O–H groups in total. The minimum atomic E-state index is -0.785. The Balaban J connectivity index is 1.86. The summed E-state index contributed by atoms with van der Waals surface area (Å²) in [6, 6.07) is 15.1. The largest absolute Gasteiger partial charge is 0.484 e. The predicted octanol–water partition coefficient (Wildman–Crippen LogP) is 2.07. The van der Waals surface area contributed by atoms with E-state index in [2.05, 4.69) is 16.2 Å². The van der Waals surface area contributed by atoms with E-state index in [1.54, 1.807) is 48.2 Å². The molecule has 2 aromatic carbocycles. The summed E-state index contributed by atoms with van der Waals surface area (Å²) in [6.07, 6.45) is 2.33. The van der Waals surface area contributed by atoms with Gasteiger partial charge >= 0.3 is 0 Å². The molecule has 0 unspecified atom stereocenters. The van der Waals surface area contributed by atoms with Crippen LogP contribution in [0.5, 0.6) is 5.75 Å². The fourth-order valence-corrected chi connectivity index (χ4v) is 2.86. The van der Waals surface area contributed by atoms with Crippen LogP contribution in [0, 0.1) is 6.92 Å². The molecule has 0 aliphatic rings. The van der Waals surface area contributed by atoms with E-state index < -0.39 is 23.8 Å². The Bertz CT molecular complexity index is 812. The molecule has 0 bridgehead atoms. The summed E-state index contributed by atoms with van der Waals surface area (Å²) < 4.78 is 5.40. The van der Waals surface area contributed by atoms with Gasteiger partial charge in [0.25, 0.3) is 17.7 Å². The molecule has 0 spiro atoms. The van der Waals surface area contributed by atoms with E-state index in [1.165, 1.54) is 0 Å². The number of hydrogen-bond donors (Lipinski definition) is 3. The third-order valence-electron chi connectivity index (χ3n) is 3.99. The molecule has 29 heavy (non-hydrogen) atoms. The quantitative estimate of drug-likeness (QED) is 0.545. The summed E-state index contributed by atoms with van der Waals surface area (Å²) in [7, 11) is 0. The van der Waals surface area contributed by atoms with Crippen LogP contribution in [0.15, 0.2) is 54.6 Å². The maximum Gasteiger partial charge on any atom is 0.269 e. The molecule has 0 aliphatic heterocycles. The van der Waals surface area contributed by atoms with Crippen LogP contribution in [0.25, 0.3) is 0 Å². The second kappa shape index (κ2) is 11.8. The molecule has 0 aromatic heterocycles. The number of carbonyl (C=O) groups excluding carboxylic acids is 3. The number of hydrazine groups is 1. The van der Waals surface area contributed by atoms with Crippen LogP contribution in [0.4, 0.5) is 0 Å². The Morgan fingerprint density at radius 2 is 1.69 bits per heavy atom. The summed E-state index contributed by atoms with van der Waals surface area (Å²) in [6.45, 7) is 1.72. The average molecular weight is 416 g/mol. The Labute approximate surface area is 174 Å². The number of para-hydroxylation sites is 1. The first kappa shape index (κ1) is 22.3. The molecule has 0 radical (unpaired) electrons. The normalized spacial score (nSPS) is 11.2. The molecule has 7 nitrogen and oxygen atoms in total. The van der Waals surface area contributed by atoms with Crippen LogP contribution >= 0.6 is 11.8 Å². The highest BCUT2D eigenvalue weighted by Gasteiger charge is 2.21. The van der Waals surface area contributed by atoms with Crippen LogP contribution < -0.4 is 20.9 Å². The lowest BCUT2D eigenvalue weighted by Gasteiger charge is -2.18. The molecule has 3 amide bonds. The molecule has 2 aromatic rings. The standard InChI is InChI=1S/C21H25N3O4S/c1-15-8-10-16(11-9-15)20(26)23-24-21(27)18(12-13-29-2)22-19(25)14-28-17-6-4-3-5-7-17/h3-11,18H,12-14H2,1-2H3,(H,22,25)(H,23,26)(H,24,27)/t18-/m0/s1. The van der Waals surface area contributed by atoms with E-state index in [9.17, 15) is 14.4 Å². The lowest BCUT2D eigenvalue weighted by atomic mass is 10.1. The third-order valence-corrected chi connectivity index (χ3v) is 4.63. The van der Waals surface area contributed by atoms with Gasteiger partial charge in [-0.2, -0.15) is 11.8 Å². The highest BCUT2D eigenvalue weighted by molar-refractivity contribution is 7.98. The zero-order chi connectivity index (χ0) is 21.1. The summed E-state index contributed by atoms with van der Waals surface area (Å²) in [5, 5.41) is 2.65.